The largest absolute Gasteiger partial charge is 0.467 e. The predicted molar refractivity (Wildman–Crippen MR) is 119 cm³/mol. The molecule has 0 aromatic rings. The van der Waals surface area contributed by atoms with Gasteiger partial charge in [0.2, 0.25) is 0 Å². The molecule has 1 aliphatic heterocycles. The molecule has 1 heterocycles. The molecule has 1 amide bonds. The van der Waals surface area contributed by atoms with E-state index in [4.69, 9.17) is 29.4 Å². The molecule has 186 valence electrons. The van der Waals surface area contributed by atoms with Crippen LogP contribution in [0.1, 0.15) is 59.3 Å². The molecule has 2 rings (SSSR count). The number of hydrogen-bond acceptors (Lipinski definition) is 8. The highest BCUT2D eigenvalue weighted by Gasteiger charge is 2.61. The summed E-state index contributed by atoms with van der Waals surface area (Å²) in [7, 11) is 2.92. The van der Waals surface area contributed by atoms with Crippen molar-refractivity contribution in [1.29, 1.82) is 0 Å². The summed E-state index contributed by atoms with van der Waals surface area (Å²) in [6, 6.07) is -0.768. The molecule has 32 heavy (non-hydrogen) atoms. The normalized spacial score (nSPS) is 28.9. The molecule has 0 aromatic heterocycles. The van der Waals surface area contributed by atoms with Gasteiger partial charge >= 0.3 is 12.1 Å². The molecule has 9 nitrogen and oxygen atoms in total. The zero-order valence-corrected chi connectivity index (χ0v) is 20.3. The van der Waals surface area contributed by atoms with Crippen molar-refractivity contribution in [3.8, 4) is 0 Å². The number of carbonyl (C=O) groups excluding carboxylic acids is 2. The van der Waals surface area contributed by atoms with Crippen molar-refractivity contribution < 1.29 is 33.3 Å². The Morgan fingerprint density at radius 3 is 2.47 bits per heavy atom. The molecule has 3 N–H and O–H groups in total. The number of esters is 1. The van der Waals surface area contributed by atoms with Gasteiger partial charge in [-0.3, -0.25) is 0 Å². The van der Waals surface area contributed by atoms with Crippen LogP contribution in [0.5, 0.6) is 0 Å². The van der Waals surface area contributed by atoms with Crippen LogP contribution >= 0.6 is 0 Å². The topological polar surface area (TPSA) is 122 Å². The van der Waals surface area contributed by atoms with Crippen LogP contribution in [-0.4, -0.2) is 76.0 Å². The van der Waals surface area contributed by atoms with Gasteiger partial charge in [-0.1, -0.05) is 13.8 Å². The maximum atomic E-state index is 12.7. The second kappa shape index (κ2) is 12.7. The first kappa shape index (κ1) is 26.8. The van der Waals surface area contributed by atoms with E-state index in [1.54, 1.807) is 7.11 Å². The Kier molecular flexibility index (Phi) is 10.7. The fraction of sp³-hybridized carbons (Fsp3) is 0.913. The lowest BCUT2D eigenvalue weighted by Crippen LogP contribution is -2.55. The summed E-state index contributed by atoms with van der Waals surface area (Å²) in [6.45, 7) is 8.22. The second-order valence-corrected chi connectivity index (χ2v) is 9.32. The fourth-order valence-electron chi connectivity index (χ4n) is 4.59. The number of methoxy groups -OCH3 is 2. The number of unbranched alkanes of at least 4 members (excludes halogenated alkanes) is 1. The van der Waals surface area contributed by atoms with Gasteiger partial charge in [-0.25, -0.2) is 9.59 Å². The van der Waals surface area contributed by atoms with E-state index in [1.807, 2.05) is 6.92 Å². The Morgan fingerprint density at radius 1 is 1.19 bits per heavy atom. The van der Waals surface area contributed by atoms with Crippen molar-refractivity contribution >= 4 is 12.1 Å². The van der Waals surface area contributed by atoms with E-state index >= 15 is 0 Å². The number of nitrogens with one attached hydrogen (secondary N) is 1. The number of epoxide rings is 1. The van der Waals surface area contributed by atoms with Crippen molar-refractivity contribution in [3.63, 3.8) is 0 Å². The molecular weight excluding hydrogens is 416 g/mol. The van der Waals surface area contributed by atoms with E-state index in [1.165, 1.54) is 7.11 Å². The van der Waals surface area contributed by atoms with E-state index in [0.29, 0.717) is 44.9 Å². The van der Waals surface area contributed by atoms with Gasteiger partial charge in [-0.2, -0.15) is 0 Å². The van der Waals surface area contributed by atoms with E-state index in [2.05, 4.69) is 19.2 Å². The van der Waals surface area contributed by atoms with Crippen molar-refractivity contribution in [2.75, 3.05) is 34.0 Å². The smallest absolute Gasteiger partial charge is 0.408 e. The summed E-state index contributed by atoms with van der Waals surface area (Å²) in [5, 5.41) is 2.65. The Hall–Kier alpha value is -1.42. The van der Waals surface area contributed by atoms with Gasteiger partial charge in [-0.15, -0.1) is 0 Å². The van der Waals surface area contributed by atoms with E-state index in [9.17, 15) is 9.59 Å². The minimum Gasteiger partial charge on any atom is -0.467 e. The summed E-state index contributed by atoms with van der Waals surface area (Å²) >= 11 is 0. The third-order valence-corrected chi connectivity index (χ3v) is 6.53. The van der Waals surface area contributed by atoms with E-state index in [0.717, 1.165) is 19.3 Å². The summed E-state index contributed by atoms with van der Waals surface area (Å²) in [4.78, 5) is 24.7. The van der Waals surface area contributed by atoms with Crippen molar-refractivity contribution in [2.45, 2.75) is 89.3 Å². The lowest BCUT2D eigenvalue weighted by molar-refractivity contribution is -0.145. The van der Waals surface area contributed by atoms with Gasteiger partial charge in [0, 0.05) is 19.6 Å². The molecule has 1 saturated heterocycles. The summed E-state index contributed by atoms with van der Waals surface area (Å²) < 4.78 is 28.4. The molecule has 2 fully saturated rings. The van der Waals surface area contributed by atoms with E-state index in [-0.39, 0.29) is 23.7 Å². The number of ether oxygens (including phenoxy) is 5. The molecule has 1 spiro atoms. The monoisotopic (exact) mass is 458 g/mol. The number of alkyl carbamates (subject to hydrolysis) is 1. The standard InChI is InChI=1S/C23H42N2O7/c1-15(2)10-13-30-16(3)19-20(28-4)18(9-11-23(19)14-31-23)32-22(27)25-17(21(26)29-5)8-6-7-12-24/h15-20H,6-14,24H2,1-5H3,(H,25,27)/t16-,17?,18?,19?,20?,23-/m0/s1. The van der Waals surface area contributed by atoms with Gasteiger partial charge in [-0.05, 0) is 57.9 Å². The maximum Gasteiger partial charge on any atom is 0.408 e. The van der Waals surface area contributed by atoms with Crippen molar-refractivity contribution in [3.05, 3.63) is 0 Å². The van der Waals surface area contributed by atoms with Crippen molar-refractivity contribution in [2.24, 2.45) is 17.6 Å². The Balaban J connectivity index is 2.00. The van der Waals surface area contributed by atoms with Crippen LogP contribution < -0.4 is 11.1 Å². The molecule has 0 bridgehead atoms. The molecule has 1 saturated carbocycles. The number of carbonyl (C=O) groups is 2. The summed E-state index contributed by atoms with van der Waals surface area (Å²) in [6.07, 6.45) is 2.70. The average molecular weight is 459 g/mol. The van der Waals surface area contributed by atoms with Crippen LogP contribution in [0.15, 0.2) is 0 Å². The van der Waals surface area contributed by atoms with Gasteiger partial charge < -0.3 is 34.7 Å². The highest BCUT2D eigenvalue weighted by Crippen LogP contribution is 2.49. The summed E-state index contributed by atoms with van der Waals surface area (Å²) in [5.41, 5.74) is 5.25. The fourth-order valence-corrected chi connectivity index (χ4v) is 4.59. The molecule has 9 heteroatoms. The first-order valence-corrected chi connectivity index (χ1v) is 11.8. The Morgan fingerprint density at radius 2 is 1.91 bits per heavy atom. The number of nitrogens with two attached hydrogens (primary N) is 1. The van der Waals surface area contributed by atoms with Gasteiger partial charge in [0.25, 0.3) is 0 Å². The zero-order chi connectivity index (χ0) is 23.7. The lowest BCUT2D eigenvalue weighted by Gasteiger charge is -2.43. The molecule has 0 radical (unpaired) electrons. The number of amides is 1. The minimum atomic E-state index is -0.768. The molecule has 0 aromatic carbocycles. The quantitative estimate of drug-likeness (QED) is 0.245. The molecule has 4 unspecified atom stereocenters. The van der Waals surface area contributed by atoms with Crippen LogP contribution in [0, 0.1) is 11.8 Å². The van der Waals surface area contributed by atoms with Gasteiger partial charge in [0.15, 0.2) is 0 Å². The molecular formula is C23H42N2O7. The van der Waals surface area contributed by atoms with E-state index < -0.39 is 24.2 Å². The van der Waals surface area contributed by atoms with Crippen LogP contribution in [-0.2, 0) is 28.5 Å². The Bertz CT molecular complexity index is 597. The van der Waals surface area contributed by atoms with Crippen molar-refractivity contribution in [1.82, 2.24) is 5.32 Å². The predicted octanol–water partition coefficient (Wildman–Crippen LogP) is 2.40. The Labute approximate surface area is 192 Å². The highest BCUT2D eigenvalue weighted by molar-refractivity contribution is 5.81. The summed E-state index contributed by atoms with van der Waals surface area (Å²) in [5.74, 6) is 0.0127. The number of hydrogen-bond donors (Lipinski definition) is 2. The lowest BCUT2D eigenvalue weighted by atomic mass is 9.73. The SMILES string of the molecule is COC(=O)C(CCCCN)NC(=O)OC1CC[C@]2(CO2)C([C@H](C)OCCC(C)C)C1OC. The highest BCUT2D eigenvalue weighted by atomic mass is 16.6. The first-order chi connectivity index (χ1) is 15.3. The maximum absolute atomic E-state index is 12.7. The van der Waals surface area contributed by atoms with Gasteiger partial charge in [0.1, 0.15) is 18.2 Å². The second-order valence-electron chi connectivity index (χ2n) is 9.32. The molecule has 1 aliphatic carbocycles. The molecule has 2 aliphatic rings. The number of rotatable bonds is 13. The zero-order valence-electron chi connectivity index (χ0n) is 20.3. The first-order valence-electron chi connectivity index (χ1n) is 11.8. The van der Waals surface area contributed by atoms with Crippen LogP contribution in [0.25, 0.3) is 0 Å². The molecule has 6 atom stereocenters. The average Bonchev–Trinajstić information content (AvgIpc) is 3.53. The third kappa shape index (κ3) is 7.30. The third-order valence-electron chi connectivity index (χ3n) is 6.53. The van der Waals surface area contributed by atoms with Gasteiger partial charge in [0.05, 0.1) is 25.4 Å². The van der Waals surface area contributed by atoms with Crippen LogP contribution in [0.4, 0.5) is 4.79 Å². The van der Waals surface area contributed by atoms with Crippen LogP contribution in [0.2, 0.25) is 0 Å². The minimum absolute atomic E-state index is 0.0489. The van der Waals surface area contributed by atoms with Crippen LogP contribution in [0.3, 0.4) is 0 Å².